The van der Waals surface area contributed by atoms with E-state index in [1.807, 2.05) is 67.6 Å². The van der Waals surface area contributed by atoms with Gasteiger partial charge in [-0.15, -0.1) is 0 Å². The number of aliphatic hydroxyl groups excluding tert-OH is 3. The summed E-state index contributed by atoms with van der Waals surface area (Å²) in [7, 11) is 1.54. The number of rotatable bonds is 11. The summed E-state index contributed by atoms with van der Waals surface area (Å²) in [5, 5.41) is 37.1. The monoisotopic (exact) mass is 799 g/mol. The van der Waals surface area contributed by atoms with Crippen LogP contribution in [0.4, 0.5) is 14.4 Å². The van der Waals surface area contributed by atoms with Crippen molar-refractivity contribution in [3.63, 3.8) is 0 Å². The smallest absolute Gasteiger partial charge is 0.410 e. The predicted molar refractivity (Wildman–Crippen MR) is 197 cm³/mol. The fourth-order valence-electron chi connectivity index (χ4n) is 8.28. The second-order valence-electron chi connectivity index (χ2n) is 15.6. The number of carbonyl (C=O) groups excluding carboxylic acids is 3. The highest BCUT2D eigenvalue weighted by Gasteiger charge is 2.60. The van der Waals surface area contributed by atoms with Crippen LogP contribution in [0.2, 0.25) is 0 Å². The van der Waals surface area contributed by atoms with Gasteiger partial charge in [-0.05, 0) is 36.8 Å². The molecular weight excluding hydrogens is 746 g/mol. The molecule has 1 saturated carbocycles. The van der Waals surface area contributed by atoms with Gasteiger partial charge in [0.15, 0.2) is 25.0 Å². The lowest BCUT2D eigenvalue weighted by Gasteiger charge is -2.50. The molecule has 4 heterocycles. The van der Waals surface area contributed by atoms with Gasteiger partial charge in [-0.2, -0.15) is 0 Å². The maximum Gasteiger partial charge on any atom is 0.410 e. The first-order valence-electron chi connectivity index (χ1n) is 19.6. The van der Waals surface area contributed by atoms with Crippen molar-refractivity contribution in [2.45, 2.75) is 132 Å². The normalized spacial score (nSPS) is 37.6. The molecule has 2 aromatic carbocycles. The van der Waals surface area contributed by atoms with Crippen molar-refractivity contribution >= 4 is 18.3 Å². The van der Waals surface area contributed by atoms with E-state index in [1.54, 1.807) is 6.92 Å². The summed E-state index contributed by atoms with van der Waals surface area (Å²) in [4.78, 5) is 40.2. The summed E-state index contributed by atoms with van der Waals surface area (Å²) in [5.74, 6) is -0.800. The first-order valence-corrected chi connectivity index (χ1v) is 19.6. The summed E-state index contributed by atoms with van der Waals surface area (Å²) in [6.45, 7) is 3.37. The zero-order chi connectivity index (χ0) is 40.2. The van der Waals surface area contributed by atoms with Crippen molar-refractivity contribution < 1.29 is 67.6 Å². The van der Waals surface area contributed by atoms with E-state index in [1.165, 1.54) is 11.9 Å². The van der Waals surface area contributed by atoms with Crippen LogP contribution in [0.5, 0.6) is 0 Å². The van der Waals surface area contributed by atoms with Crippen molar-refractivity contribution in [2.75, 3.05) is 13.7 Å². The molecule has 0 bridgehead atoms. The zero-order valence-electron chi connectivity index (χ0n) is 32.2. The minimum atomic E-state index is -1.44. The summed E-state index contributed by atoms with van der Waals surface area (Å²) < 4.78 is 48.4. The molecular formula is C40H53N3O14. The Morgan fingerprint density at radius 3 is 2.09 bits per heavy atom. The molecule has 7 rings (SSSR count). The molecule has 4 aliphatic heterocycles. The van der Waals surface area contributed by atoms with Gasteiger partial charge in [0.2, 0.25) is 0 Å². The number of nitrogens with one attached hydrogen (secondary N) is 2. The van der Waals surface area contributed by atoms with Crippen LogP contribution in [-0.4, -0.2) is 132 Å². The molecule has 17 heteroatoms. The number of benzene rings is 2. The SMILES string of the molecule is CC1C[C@@H]2OC(O[C@H]3OC(CO)[C@@H](C)[C@H](O)C3O)C3C(OC(=O)N3C)C2O[C@@H]1O[C@H]1CC[C@H](NC(=O)OCc2ccccc2)CC1NC(=O)OCc1ccccc1. The molecule has 8 unspecified atom stereocenters. The third-order valence-corrected chi connectivity index (χ3v) is 11.6. The molecule has 15 atom stereocenters. The lowest BCUT2D eigenvalue weighted by molar-refractivity contribution is -0.376. The quantitative estimate of drug-likeness (QED) is 0.207. The van der Waals surface area contributed by atoms with Crippen LogP contribution in [0.3, 0.4) is 0 Å². The van der Waals surface area contributed by atoms with Crippen molar-refractivity contribution in [3.8, 4) is 0 Å². The van der Waals surface area contributed by atoms with E-state index in [9.17, 15) is 29.7 Å². The van der Waals surface area contributed by atoms with Crippen LogP contribution in [0.25, 0.3) is 0 Å². The Hall–Kier alpha value is -4.07. The van der Waals surface area contributed by atoms with Gasteiger partial charge in [-0.25, -0.2) is 14.4 Å². The van der Waals surface area contributed by atoms with Crippen LogP contribution in [0, 0.1) is 11.8 Å². The molecule has 5 aliphatic rings. The molecule has 0 radical (unpaired) electrons. The predicted octanol–water partition coefficient (Wildman–Crippen LogP) is 2.53. The number of alkyl carbamates (subject to hydrolysis) is 2. The van der Waals surface area contributed by atoms with Gasteiger partial charge in [0.1, 0.15) is 31.5 Å². The third kappa shape index (κ3) is 9.47. The van der Waals surface area contributed by atoms with E-state index in [2.05, 4.69) is 10.6 Å². The number of carbonyl (C=O) groups is 3. The van der Waals surface area contributed by atoms with E-state index >= 15 is 0 Å². The van der Waals surface area contributed by atoms with Crippen LogP contribution in [0.15, 0.2) is 60.7 Å². The van der Waals surface area contributed by atoms with E-state index in [0.717, 1.165) is 11.1 Å². The Balaban J connectivity index is 1.01. The molecule has 57 heavy (non-hydrogen) atoms. The van der Waals surface area contributed by atoms with E-state index < -0.39 is 104 Å². The van der Waals surface area contributed by atoms with Crippen LogP contribution >= 0.6 is 0 Å². The van der Waals surface area contributed by atoms with Gasteiger partial charge in [-0.3, -0.25) is 4.90 Å². The lowest BCUT2D eigenvalue weighted by Crippen LogP contribution is -2.66. The zero-order valence-corrected chi connectivity index (χ0v) is 32.2. The Kier molecular flexibility index (Phi) is 13.2. The molecule has 0 aromatic heterocycles. The highest BCUT2D eigenvalue weighted by Crippen LogP contribution is 2.42. The first-order chi connectivity index (χ1) is 27.5. The second-order valence-corrected chi connectivity index (χ2v) is 15.6. The minimum absolute atomic E-state index is 0.0677. The fourth-order valence-corrected chi connectivity index (χ4v) is 8.28. The Labute approximate surface area is 330 Å². The summed E-state index contributed by atoms with van der Waals surface area (Å²) in [5.41, 5.74) is 1.68. The van der Waals surface area contributed by atoms with Crippen LogP contribution in [0.1, 0.15) is 50.7 Å². The number of hydrogen-bond acceptors (Lipinski definition) is 14. The lowest BCUT2D eigenvalue weighted by atomic mass is 9.86. The Morgan fingerprint density at radius 1 is 0.789 bits per heavy atom. The standard InChI is InChI=1S/C40H53N3O14/c1-21-16-28-33(34-30(43(3)40(49)56-34)36(53-28)57-37-32(46)31(45)22(2)29(18-44)54-37)55-35(21)52-27-15-14-25(41-38(47)50-19-23-10-6-4-7-11-23)17-26(27)42-39(48)51-20-24-12-8-5-9-13-24/h4-13,21-22,25-37,44-46H,14-20H2,1-3H3,(H,41,47)(H,42,48)/t21?,22-,25+,26?,27+,28+,29?,30?,31+,32?,33?,34?,35+,36?,37-/m1/s1. The maximum absolute atomic E-state index is 13.1. The molecule has 0 spiro atoms. The van der Waals surface area contributed by atoms with Gasteiger partial charge in [0.05, 0.1) is 37.1 Å². The van der Waals surface area contributed by atoms with Crippen molar-refractivity contribution in [3.05, 3.63) is 71.8 Å². The highest BCUT2D eigenvalue weighted by molar-refractivity contribution is 5.71. The second kappa shape index (κ2) is 18.2. The topological polar surface area (TPSA) is 213 Å². The molecule has 5 N–H and O–H groups in total. The van der Waals surface area contributed by atoms with Crippen LogP contribution in [-0.2, 0) is 51.1 Å². The largest absolute Gasteiger partial charge is 0.445 e. The minimum Gasteiger partial charge on any atom is -0.445 e. The van der Waals surface area contributed by atoms with Crippen molar-refractivity contribution in [1.82, 2.24) is 15.5 Å². The third-order valence-electron chi connectivity index (χ3n) is 11.6. The molecule has 3 amide bonds. The van der Waals surface area contributed by atoms with Gasteiger partial charge >= 0.3 is 18.3 Å². The molecule has 2 aromatic rings. The van der Waals surface area contributed by atoms with Crippen molar-refractivity contribution in [2.24, 2.45) is 11.8 Å². The molecule has 1 aliphatic carbocycles. The van der Waals surface area contributed by atoms with Gasteiger partial charge in [-0.1, -0.05) is 74.5 Å². The fraction of sp³-hybridized carbons (Fsp3) is 0.625. The highest BCUT2D eigenvalue weighted by atomic mass is 16.8. The van der Waals surface area contributed by atoms with Gasteiger partial charge in [0, 0.05) is 24.9 Å². The van der Waals surface area contributed by atoms with Crippen LogP contribution < -0.4 is 10.6 Å². The van der Waals surface area contributed by atoms with E-state index in [-0.39, 0.29) is 25.2 Å². The number of fused-ring (bicyclic) bond motifs is 3. The number of likely N-dealkylation sites (N-methyl/N-ethyl adjacent to an activating group) is 1. The summed E-state index contributed by atoms with van der Waals surface area (Å²) >= 11 is 0. The molecule has 312 valence electrons. The summed E-state index contributed by atoms with van der Waals surface area (Å²) in [6, 6.07) is 16.9. The number of aliphatic hydroxyl groups is 3. The van der Waals surface area contributed by atoms with Crippen molar-refractivity contribution in [1.29, 1.82) is 0 Å². The Morgan fingerprint density at radius 2 is 1.44 bits per heavy atom. The summed E-state index contributed by atoms with van der Waals surface area (Å²) in [6.07, 6.45) is -9.63. The number of amides is 3. The average Bonchev–Trinajstić information content (AvgIpc) is 3.52. The van der Waals surface area contributed by atoms with E-state index in [4.69, 9.17) is 37.9 Å². The van der Waals surface area contributed by atoms with Gasteiger partial charge < -0.3 is 63.8 Å². The first kappa shape index (κ1) is 41.1. The molecule has 17 nitrogen and oxygen atoms in total. The number of nitrogens with zero attached hydrogens (tertiary/aromatic N) is 1. The number of ether oxygens (including phenoxy) is 8. The number of hydrogen-bond donors (Lipinski definition) is 5. The van der Waals surface area contributed by atoms with Gasteiger partial charge in [0.25, 0.3) is 0 Å². The molecule has 4 saturated heterocycles. The Bertz CT molecular complexity index is 1660. The average molecular weight is 800 g/mol. The molecule has 5 fully saturated rings. The maximum atomic E-state index is 13.1. The van der Waals surface area contributed by atoms with E-state index in [0.29, 0.717) is 25.7 Å².